The van der Waals surface area contributed by atoms with Gasteiger partial charge in [-0.25, -0.2) is 0 Å². The van der Waals surface area contributed by atoms with Crippen molar-refractivity contribution in [2.45, 2.75) is 18.8 Å². The number of carbonyl (C=O) groups excluding carboxylic acids is 1. The van der Waals surface area contributed by atoms with E-state index in [0.717, 1.165) is 19.6 Å². The summed E-state index contributed by atoms with van der Waals surface area (Å²) in [6.45, 7) is 2.44. The molecule has 1 fully saturated rings. The summed E-state index contributed by atoms with van der Waals surface area (Å²) in [5, 5.41) is 0. The van der Waals surface area contributed by atoms with Crippen molar-refractivity contribution in [3.05, 3.63) is 59.7 Å². The third kappa shape index (κ3) is 2.64. The van der Waals surface area contributed by atoms with Crippen molar-refractivity contribution in [3.8, 4) is 11.5 Å². The van der Waals surface area contributed by atoms with E-state index < -0.39 is 5.91 Å². The van der Waals surface area contributed by atoms with Crippen molar-refractivity contribution in [1.29, 1.82) is 0 Å². The molecule has 1 saturated heterocycles. The Labute approximate surface area is 134 Å². The Bertz CT molecular complexity index is 732. The minimum atomic E-state index is -0.497. The van der Waals surface area contributed by atoms with Crippen LogP contribution in [0.3, 0.4) is 0 Å². The summed E-state index contributed by atoms with van der Waals surface area (Å²) >= 11 is 0. The monoisotopic (exact) mass is 310 g/mol. The molecule has 2 unspecified atom stereocenters. The maximum Gasteiger partial charge on any atom is 0.252 e. The van der Waals surface area contributed by atoms with Crippen LogP contribution in [0.1, 0.15) is 15.9 Å². The molecule has 2 atom stereocenters. The van der Waals surface area contributed by atoms with Gasteiger partial charge in [-0.05, 0) is 17.7 Å². The quantitative estimate of drug-likeness (QED) is 0.939. The molecule has 5 heteroatoms. The molecule has 2 aliphatic heterocycles. The topological polar surface area (TPSA) is 64.8 Å². The predicted octanol–water partition coefficient (Wildman–Crippen LogP) is 1.81. The molecular weight excluding hydrogens is 292 g/mol. The summed E-state index contributed by atoms with van der Waals surface area (Å²) in [6.07, 6.45) is -0.0962. The maximum absolute atomic E-state index is 11.5. The summed E-state index contributed by atoms with van der Waals surface area (Å²) in [5.74, 6) is 0.579. The number of nitrogens with zero attached hydrogens (tertiary/aromatic N) is 1. The normalized spacial score (nSPS) is 22.6. The van der Waals surface area contributed by atoms with E-state index in [2.05, 4.69) is 17.0 Å². The predicted molar refractivity (Wildman–Crippen MR) is 85.5 cm³/mol. The zero-order chi connectivity index (χ0) is 15.8. The highest BCUT2D eigenvalue weighted by Gasteiger charge is 2.40. The molecular formula is C18H18N2O3. The lowest BCUT2D eigenvalue weighted by Crippen LogP contribution is -2.39. The zero-order valence-electron chi connectivity index (χ0n) is 12.6. The molecule has 1 amide bonds. The number of amides is 1. The molecule has 4 rings (SSSR count). The minimum absolute atomic E-state index is 0.0191. The number of primary amides is 1. The van der Waals surface area contributed by atoms with Crippen molar-refractivity contribution in [3.63, 3.8) is 0 Å². The largest absolute Gasteiger partial charge is 0.481 e. The zero-order valence-corrected chi connectivity index (χ0v) is 12.6. The van der Waals surface area contributed by atoms with E-state index in [9.17, 15) is 4.79 Å². The van der Waals surface area contributed by atoms with Crippen LogP contribution in [0.5, 0.6) is 11.5 Å². The number of ether oxygens (including phenoxy) is 2. The van der Waals surface area contributed by atoms with Crippen molar-refractivity contribution in [2.24, 2.45) is 5.73 Å². The van der Waals surface area contributed by atoms with Crippen LogP contribution < -0.4 is 15.2 Å². The third-order valence-corrected chi connectivity index (χ3v) is 4.33. The summed E-state index contributed by atoms with van der Waals surface area (Å²) < 4.78 is 12.1. The summed E-state index contributed by atoms with van der Waals surface area (Å²) in [7, 11) is 0. The van der Waals surface area contributed by atoms with Gasteiger partial charge < -0.3 is 15.2 Å². The number of nitrogens with two attached hydrogens (primary N) is 1. The molecule has 118 valence electrons. The van der Waals surface area contributed by atoms with Gasteiger partial charge in [-0.2, -0.15) is 0 Å². The van der Waals surface area contributed by atoms with Crippen LogP contribution in [-0.4, -0.2) is 36.1 Å². The third-order valence-electron chi connectivity index (χ3n) is 4.33. The van der Waals surface area contributed by atoms with E-state index in [1.807, 2.05) is 24.3 Å². The average molecular weight is 310 g/mol. The molecule has 2 heterocycles. The molecule has 0 spiro atoms. The number of rotatable bonds is 3. The number of hydrogen-bond donors (Lipinski definition) is 1. The fourth-order valence-electron chi connectivity index (χ4n) is 3.25. The molecule has 0 bridgehead atoms. The Balaban J connectivity index is 1.52. The molecule has 5 nitrogen and oxygen atoms in total. The number of benzene rings is 2. The number of para-hydroxylation sites is 1. The average Bonchev–Trinajstić information content (AvgIpc) is 2.93. The van der Waals surface area contributed by atoms with Gasteiger partial charge in [-0.1, -0.05) is 36.4 Å². The van der Waals surface area contributed by atoms with Gasteiger partial charge in [0.25, 0.3) is 5.91 Å². The van der Waals surface area contributed by atoms with Gasteiger partial charge in [0.05, 0.1) is 5.56 Å². The van der Waals surface area contributed by atoms with Gasteiger partial charge in [-0.15, -0.1) is 0 Å². The van der Waals surface area contributed by atoms with Crippen LogP contribution in [0.25, 0.3) is 0 Å². The number of likely N-dealkylation sites (tertiary alicyclic amines) is 1. The Hall–Kier alpha value is -2.53. The highest BCUT2D eigenvalue weighted by molar-refractivity contribution is 5.96. The van der Waals surface area contributed by atoms with E-state index in [0.29, 0.717) is 17.1 Å². The minimum Gasteiger partial charge on any atom is -0.481 e. The van der Waals surface area contributed by atoms with Crippen molar-refractivity contribution >= 4 is 5.91 Å². The second kappa shape index (κ2) is 5.59. The van der Waals surface area contributed by atoms with E-state index in [4.69, 9.17) is 15.2 Å². The van der Waals surface area contributed by atoms with Crippen molar-refractivity contribution in [1.82, 2.24) is 4.90 Å². The van der Waals surface area contributed by atoms with Crippen LogP contribution in [0, 0.1) is 0 Å². The van der Waals surface area contributed by atoms with Crippen LogP contribution in [0.4, 0.5) is 0 Å². The van der Waals surface area contributed by atoms with Crippen LogP contribution >= 0.6 is 0 Å². The standard InChI is InChI=1S/C18H18N2O3/c19-18(21)13-7-4-8-14-17(13)23-16-11-20(10-15(16)22-14)9-12-5-2-1-3-6-12/h1-8,15-16H,9-11H2,(H2,19,21). The molecule has 23 heavy (non-hydrogen) atoms. The van der Waals surface area contributed by atoms with E-state index in [1.165, 1.54) is 5.56 Å². The van der Waals surface area contributed by atoms with Crippen molar-refractivity contribution < 1.29 is 14.3 Å². The lowest BCUT2D eigenvalue weighted by Gasteiger charge is -2.29. The molecule has 0 aromatic heterocycles. The first-order chi connectivity index (χ1) is 11.2. The highest BCUT2D eigenvalue weighted by atomic mass is 16.6. The second-order valence-corrected chi connectivity index (χ2v) is 5.99. The fourth-order valence-corrected chi connectivity index (χ4v) is 3.25. The molecule has 2 aromatic rings. The molecule has 2 aliphatic rings. The van der Waals surface area contributed by atoms with Crippen molar-refractivity contribution in [2.75, 3.05) is 13.1 Å². The van der Waals surface area contributed by atoms with E-state index in [1.54, 1.807) is 12.1 Å². The van der Waals surface area contributed by atoms with Gasteiger partial charge in [0.2, 0.25) is 0 Å². The first-order valence-corrected chi connectivity index (χ1v) is 7.73. The molecule has 0 radical (unpaired) electrons. The molecule has 0 saturated carbocycles. The van der Waals surface area contributed by atoms with Crippen LogP contribution in [-0.2, 0) is 6.54 Å². The molecule has 2 aromatic carbocycles. The number of hydrogen-bond acceptors (Lipinski definition) is 4. The Morgan fingerprint density at radius 2 is 1.78 bits per heavy atom. The van der Waals surface area contributed by atoms with E-state index >= 15 is 0 Å². The molecule has 0 aliphatic carbocycles. The van der Waals surface area contributed by atoms with Gasteiger partial charge >= 0.3 is 0 Å². The summed E-state index contributed by atoms with van der Waals surface area (Å²) in [6, 6.07) is 15.6. The lowest BCUT2D eigenvalue weighted by molar-refractivity contribution is 0.0537. The van der Waals surface area contributed by atoms with E-state index in [-0.39, 0.29) is 12.2 Å². The number of fused-ring (bicyclic) bond motifs is 2. The Morgan fingerprint density at radius 1 is 1.04 bits per heavy atom. The Kier molecular flexibility index (Phi) is 3.42. The molecule has 2 N–H and O–H groups in total. The SMILES string of the molecule is NC(=O)c1cccc2c1OC1CN(Cc3ccccc3)CC1O2. The maximum atomic E-state index is 11.5. The fraction of sp³-hybridized carbons (Fsp3) is 0.278. The van der Waals surface area contributed by atoms with Gasteiger partial charge in [-0.3, -0.25) is 9.69 Å². The Morgan fingerprint density at radius 3 is 2.52 bits per heavy atom. The van der Waals surface area contributed by atoms with Crippen LogP contribution in [0.2, 0.25) is 0 Å². The first kappa shape index (κ1) is 14.1. The summed E-state index contributed by atoms with van der Waals surface area (Å²) in [4.78, 5) is 13.9. The number of carbonyl (C=O) groups is 1. The first-order valence-electron chi connectivity index (χ1n) is 7.73. The smallest absolute Gasteiger partial charge is 0.252 e. The van der Waals surface area contributed by atoms with Gasteiger partial charge in [0.15, 0.2) is 11.5 Å². The van der Waals surface area contributed by atoms with Gasteiger partial charge in [0.1, 0.15) is 12.2 Å². The van der Waals surface area contributed by atoms with Gasteiger partial charge in [0, 0.05) is 19.6 Å². The van der Waals surface area contributed by atoms with Crippen LogP contribution in [0.15, 0.2) is 48.5 Å². The second-order valence-electron chi connectivity index (χ2n) is 5.99. The summed E-state index contributed by atoms with van der Waals surface area (Å²) in [5.41, 5.74) is 7.06. The highest BCUT2D eigenvalue weighted by Crippen LogP contribution is 2.39. The lowest BCUT2D eigenvalue weighted by atomic mass is 10.1.